The maximum absolute atomic E-state index is 14.2. The molecular formula is C34H36N4O4. The van der Waals surface area contributed by atoms with Gasteiger partial charge >= 0.3 is 0 Å². The summed E-state index contributed by atoms with van der Waals surface area (Å²) in [5.41, 5.74) is 3.83. The predicted octanol–water partition coefficient (Wildman–Crippen LogP) is 5.42. The summed E-state index contributed by atoms with van der Waals surface area (Å²) in [4.78, 5) is 42.0. The largest absolute Gasteiger partial charge is 0.389 e. The van der Waals surface area contributed by atoms with E-state index in [-0.39, 0.29) is 6.42 Å². The van der Waals surface area contributed by atoms with Crippen molar-refractivity contribution in [1.82, 2.24) is 9.78 Å². The first-order valence-electron chi connectivity index (χ1n) is 14.1. The zero-order valence-electron chi connectivity index (χ0n) is 24.5. The number of Topliss-reactive ketones (excluding diaryl/α,β-unsaturated/α-hetero) is 1. The van der Waals surface area contributed by atoms with Gasteiger partial charge < -0.3 is 15.7 Å². The highest BCUT2D eigenvalue weighted by Gasteiger charge is 2.57. The van der Waals surface area contributed by atoms with E-state index >= 15 is 0 Å². The highest BCUT2D eigenvalue weighted by atomic mass is 16.3. The van der Waals surface area contributed by atoms with Crippen molar-refractivity contribution < 1.29 is 19.5 Å². The van der Waals surface area contributed by atoms with Crippen LogP contribution in [-0.2, 0) is 14.4 Å². The number of aromatic nitrogens is 2. The van der Waals surface area contributed by atoms with Gasteiger partial charge in [-0.3, -0.25) is 14.4 Å². The molecule has 4 aromatic rings. The molecule has 0 bridgehead atoms. The molecular weight excluding hydrogens is 528 g/mol. The quantitative estimate of drug-likeness (QED) is 0.271. The third kappa shape index (κ3) is 5.37. The number of para-hydroxylation sites is 3. The van der Waals surface area contributed by atoms with E-state index in [0.29, 0.717) is 28.3 Å². The minimum Gasteiger partial charge on any atom is -0.389 e. The van der Waals surface area contributed by atoms with Crippen LogP contribution in [0.15, 0.2) is 78.9 Å². The van der Waals surface area contributed by atoms with Crippen LogP contribution in [0.3, 0.4) is 0 Å². The number of rotatable bonds is 6. The van der Waals surface area contributed by atoms with E-state index in [4.69, 9.17) is 5.10 Å². The topological polar surface area (TPSA) is 113 Å². The van der Waals surface area contributed by atoms with Crippen molar-refractivity contribution in [2.24, 2.45) is 11.8 Å². The molecule has 4 atom stereocenters. The van der Waals surface area contributed by atoms with E-state index in [1.54, 1.807) is 16.8 Å². The van der Waals surface area contributed by atoms with E-state index < -0.39 is 41.0 Å². The number of carbonyl (C=O) groups is 3. The van der Waals surface area contributed by atoms with Gasteiger partial charge in [0.15, 0.2) is 0 Å². The van der Waals surface area contributed by atoms with Crippen molar-refractivity contribution in [3.8, 4) is 5.69 Å². The Morgan fingerprint density at radius 2 is 1.36 bits per heavy atom. The Balaban J connectivity index is 1.67. The molecule has 1 aromatic heterocycles. The summed E-state index contributed by atoms with van der Waals surface area (Å²) < 4.78 is 1.76. The molecule has 2 amide bonds. The van der Waals surface area contributed by atoms with Gasteiger partial charge in [-0.1, -0.05) is 54.6 Å². The summed E-state index contributed by atoms with van der Waals surface area (Å²) in [6.45, 7) is 8.93. The Labute approximate surface area is 245 Å². The molecule has 8 nitrogen and oxygen atoms in total. The van der Waals surface area contributed by atoms with E-state index in [0.717, 1.165) is 16.8 Å². The molecule has 1 saturated carbocycles. The lowest BCUT2D eigenvalue weighted by Crippen LogP contribution is -2.56. The van der Waals surface area contributed by atoms with Crippen molar-refractivity contribution >= 4 is 29.0 Å². The molecule has 8 heteroatoms. The van der Waals surface area contributed by atoms with E-state index in [9.17, 15) is 19.5 Å². The lowest BCUT2D eigenvalue weighted by atomic mass is 9.60. The van der Waals surface area contributed by atoms with Crippen LogP contribution in [0.25, 0.3) is 5.69 Å². The van der Waals surface area contributed by atoms with E-state index in [2.05, 4.69) is 10.6 Å². The normalized spacial score (nSPS) is 22.0. The second kappa shape index (κ2) is 11.4. The Morgan fingerprint density at radius 3 is 1.93 bits per heavy atom. The number of benzene rings is 3. The highest BCUT2D eigenvalue weighted by molar-refractivity contribution is 6.10. The fraction of sp³-hybridized carbons (Fsp3) is 0.294. The fourth-order valence-electron chi connectivity index (χ4n) is 6.25. The molecule has 1 aliphatic carbocycles. The lowest BCUT2D eigenvalue weighted by Gasteiger charge is -2.44. The van der Waals surface area contributed by atoms with Gasteiger partial charge in [0.05, 0.1) is 22.9 Å². The van der Waals surface area contributed by atoms with Gasteiger partial charge in [0.2, 0.25) is 11.8 Å². The molecule has 3 aromatic carbocycles. The summed E-state index contributed by atoms with van der Waals surface area (Å²) in [5.74, 6) is -4.76. The maximum atomic E-state index is 14.2. The van der Waals surface area contributed by atoms with Crippen LogP contribution in [0.5, 0.6) is 0 Å². The summed E-state index contributed by atoms with van der Waals surface area (Å²) in [5, 5.41) is 22.4. The van der Waals surface area contributed by atoms with Crippen molar-refractivity contribution in [3.05, 3.63) is 107 Å². The van der Waals surface area contributed by atoms with Gasteiger partial charge in [0, 0.05) is 35.0 Å². The Bertz CT molecular complexity index is 1660. The van der Waals surface area contributed by atoms with E-state index in [1.165, 1.54) is 6.92 Å². The molecule has 1 aliphatic rings. The zero-order chi connectivity index (χ0) is 30.2. The molecule has 0 aliphatic heterocycles. The van der Waals surface area contributed by atoms with Crippen LogP contribution in [-0.4, -0.2) is 38.1 Å². The average molecular weight is 565 g/mol. The number of nitrogens with one attached hydrogen (secondary N) is 2. The zero-order valence-corrected chi connectivity index (χ0v) is 24.5. The van der Waals surface area contributed by atoms with Crippen LogP contribution >= 0.6 is 0 Å². The van der Waals surface area contributed by atoms with Gasteiger partial charge in [-0.2, -0.15) is 5.10 Å². The number of aryl methyl sites for hydroxylation is 3. The second-order valence-electron chi connectivity index (χ2n) is 11.4. The molecule has 0 radical (unpaired) electrons. The number of anilines is 2. The summed E-state index contributed by atoms with van der Waals surface area (Å²) in [6.07, 6.45) is -0.341. The van der Waals surface area contributed by atoms with Crippen LogP contribution in [0.2, 0.25) is 0 Å². The SMILES string of the molecule is Cc1ccccc1NC(=O)[C@@H]1C(=O)C[C@](C)(O)[C@H](C(=O)Nc2ccccc2C)[C@H]1c1c(C)nn(-c2ccccc2)c1C. The van der Waals surface area contributed by atoms with Gasteiger partial charge in [0.25, 0.3) is 0 Å². The van der Waals surface area contributed by atoms with Gasteiger partial charge in [0.1, 0.15) is 11.7 Å². The van der Waals surface area contributed by atoms with Crippen molar-refractivity contribution in [3.63, 3.8) is 0 Å². The molecule has 5 rings (SSSR count). The first-order chi connectivity index (χ1) is 20.0. The summed E-state index contributed by atoms with van der Waals surface area (Å²) in [6, 6.07) is 24.2. The molecule has 0 spiro atoms. The van der Waals surface area contributed by atoms with Crippen molar-refractivity contribution in [2.75, 3.05) is 10.6 Å². The number of aliphatic hydroxyl groups is 1. The molecule has 3 N–H and O–H groups in total. The highest BCUT2D eigenvalue weighted by Crippen LogP contribution is 2.48. The third-order valence-corrected chi connectivity index (χ3v) is 8.32. The third-order valence-electron chi connectivity index (χ3n) is 8.32. The smallest absolute Gasteiger partial charge is 0.235 e. The minimum absolute atomic E-state index is 0.341. The maximum Gasteiger partial charge on any atom is 0.235 e. The predicted molar refractivity (Wildman–Crippen MR) is 163 cm³/mol. The number of ketones is 1. The van der Waals surface area contributed by atoms with Crippen LogP contribution in [0.4, 0.5) is 11.4 Å². The summed E-state index contributed by atoms with van der Waals surface area (Å²) >= 11 is 0. The monoisotopic (exact) mass is 564 g/mol. The number of amides is 2. The second-order valence-corrected chi connectivity index (χ2v) is 11.4. The van der Waals surface area contributed by atoms with Gasteiger partial charge in [-0.15, -0.1) is 0 Å². The molecule has 0 saturated heterocycles. The first-order valence-corrected chi connectivity index (χ1v) is 14.1. The van der Waals surface area contributed by atoms with Gasteiger partial charge in [-0.25, -0.2) is 4.68 Å². The Hall–Kier alpha value is -4.56. The average Bonchev–Trinajstić information content (AvgIpc) is 3.23. The molecule has 1 fully saturated rings. The molecule has 42 heavy (non-hydrogen) atoms. The van der Waals surface area contributed by atoms with E-state index in [1.807, 2.05) is 94.4 Å². The minimum atomic E-state index is -1.72. The number of hydrogen-bond acceptors (Lipinski definition) is 5. The van der Waals surface area contributed by atoms with Crippen molar-refractivity contribution in [2.45, 2.75) is 52.6 Å². The van der Waals surface area contributed by atoms with Crippen LogP contribution in [0, 0.1) is 39.5 Å². The lowest BCUT2D eigenvalue weighted by molar-refractivity contribution is -0.150. The molecule has 0 unspecified atom stereocenters. The number of nitrogens with zero attached hydrogens (tertiary/aromatic N) is 2. The number of hydrogen-bond donors (Lipinski definition) is 3. The van der Waals surface area contributed by atoms with Crippen LogP contribution < -0.4 is 10.6 Å². The molecule has 1 heterocycles. The Morgan fingerprint density at radius 1 is 0.833 bits per heavy atom. The summed E-state index contributed by atoms with van der Waals surface area (Å²) in [7, 11) is 0. The Kier molecular flexibility index (Phi) is 7.84. The molecule has 216 valence electrons. The number of carbonyl (C=O) groups excluding carboxylic acids is 3. The standard InChI is InChI=1S/C34H36N4O4/c1-20-13-9-11-17-25(20)35-32(40)29-27(39)19-34(5,42)31(33(41)36-26-18-12-10-14-21(26)2)30(29)28-22(3)37-38(23(28)4)24-15-7-6-8-16-24/h6-18,29-31,42H,19H2,1-5H3,(H,35,40)(H,36,41)/t29-,30+,31+,34+/m1/s1. The van der Waals surface area contributed by atoms with Gasteiger partial charge in [-0.05, 0) is 70.0 Å². The van der Waals surface area contributed by atoms with Crippen molar-refractivity contribution in [1.29, 1.82) is 0 Å². The first kappa shape index (κ1) is 29.0. The fourth-order valence-corrected chi connectivity index (χ4v) is 6.25. The van der Waals surface area contributed by atoms with Crippen LogP contribution in [0.1, 0.15) is 47.3 Å².